The average Bonchev–Trinajstić information content (AvgIpc) is 2.53. The van der Waals surface area contributed by atoms with E-state index in [4.69, 9.17) is 4.52 Å². The molecule has 0 spiro atoms. The molecule has 1 heterocycles. The Labute approximate surface area is 82.5 Å². The molecule has 0 aliphatic heterocycles. The van der Waals surface area contributed by atoms with Gasteiger partial charge in [0.25, 0.3) is 0 Å². The quantitative estimate of drug-likeness (QED) is 0.767. The van der Waals surface area contributed by atoms with Crippen molar-refractivity contribution in [1.82, 2.24) is 5.16 Å². The van der Waals surface area contributed by atoms with Gasteiger partial charge >= 0.3 is 0 Å². The van der Waals surface area contributed by atoms with Gasteiger partial charge in [0.15, 0.2) is 5.76 Å². The summed E-state index contributed by atoms with van der Waals surface area (Å²) in [5.74, 6) is 0.347. The molecule has 2 rings (SSSR count). The van der Waals surface area contributed by atoms with Crippen molar-refractivity contribution in [3.63, 3.8) is 0 Å². The SMILES string of the molecule is Fc1ccc(-c2oncc2Br)cc1. The maximum atomic E-state index is 12.6. The van der Waals surface area contributed by atoms with Gasteiger partial charge in [-0.1, -0.05) is 5.16 Å². The van der Waals surface area contributed by atoms with E-state index in [0.717, 1.165) is 10.0 Å². The van der Waals surface area contributed by atoms with E-state index in [0.29, 0.717) is 5.76 Å². The summed E-state index contributed by atoms with van der Waals surface area (Å²) < 4.78 is 18.3. The highest BCUT2D eigenvalue weighted by atomic mass is 79.9. The molecule has 2 nitrogen and oxygen atoms in total. The second kappa shape index (κ2) is 3.30. The molecule has 0 amide bonds. The van der Waals surface area contributed by atoms with Crippen LogP contribution in [0.5, 0.6) is 0 Å². The summed E-state index contributed by atoms with van der Waals surface area (Å²) in [6.07, 6.45) is 1.55. The molecule has 1 aromatic heterocycles. The van der Waals surface area contributed by atoms with Crippen LogP contribution >= 0.6 is 15.9 Å². The molecular formula is C9H5BrFNO. The first kappa shape index (κ1) is 8.44. The van der Waals surface area contributed by atoms with Crippen LogP contribution in [0.4, 0.5) is 4.39 Å². The number of nitrogens with zero attached hydrogens (tertiary/aromatic N) is 1. The molecule has 0 aliphatic rings. The number of halogens is 2. The predicted octanol–water partition coefficient (Wildman–Crippen LogP) is 3.24. The lowest BCUT2D eigenvalue weighted by molar-refractivity contribution is 0.432. The maximum absolute atomic E-state index is 12.6. The summed E-state index contributed by atoms with van der Waals surface area (Å²) in [4.78, 5) is 0. The fourth-order valence-electron chi connectivity index (χ4n) is 1.02. The van der Waals surface area contributed by atoms with Crippen LogP contribution in [-0.2, 0) is 0 Å². The highest BCUT2D eigenvalue weighted by Crippen LogP contribution is 2.27. The zero-order chi connectivity index (χ0) is 9.26. The minimum absolute atomic E-state index is 0.264. The molecule has 0 saturated heterocycles. The lowest BCUT2D eigenvalue weighted by Crippen LogP contribution is -1.76. The smallest absolute Gasteiger partial charge is 0.180 e. The largest absolute Gasteiger partial charge is 0.355 e. The molecule has 0 saturated carbocycles. The van der Waals surface area contributed by atoms with Crippen molar-refractivity contribution in [2.45, 2.75) is 0 Å². The van der Waals surface area contributed by atoms with Gasteiger partial charge in [-0.3, -0.25) is 0 Å². The van der Waals surface area contributed by atoms with Crippen molar-refractivity contribution in [3.8, 4) is 11.3 Å². The summed E-state index contributed by atoms with van der Waals surface area (Å²) in [5, 5.41) is 3.60. The van der Waals surface area contributed by atoms with Crippen LogP contribution in [0.1, 0.15) is 0 Å². The first-order chi connectivity index (χ1) is 6.27. The Morgan fingerprint density at radius 3 is 2.46 bits per heavy atom. The molecule has 2 aromatic rings. The normalized spacial score (nSPS) is 10.3. The molecular weight excluding hydrogens is 237 g/mol. The van der Waals surface area contributed by atoms with Crippen LogP contribution in [0, 0.1) is 5.82 Å². The lowest BCUT2D eigenvalue weighted by atomic mass is 10.2. The molecule has 0 radical (unpaired) electrons. The molecule has 0 unspecified atom stereocenters. The molecule has 0 N–H and O–H groups in total. The minimum Gasteiger partial charge on any atom is -0.355 e. The van der Waals surface area contributed by atoms with Crippen LogP contribution in [0.3, 0.4) is 0 Å². The number of aromatic nitrogens is 1. The third-order valence-electron chi connectivity index (χ3n) is 1.63. The zero-order valence-corrected chi connectivity index (χ0v) is 8.08. The summed E-state index contributed by atoms with van der Waals surface area (Å²) in [6, 6.07) is 6.04. The second-order valence-corrected chi connectivity index (χ2v) is 3.36. The minimum atomic E-state index is -0.264. The van der Waals surface area contributed by atoms with Gasteiger partial charge in [0.1, 0.15) is 5.82 Å². The number of rotatable bonds is 1. The van der Waals surface area contributed by atoms with E-state index >= 15 is 0 Å². The van der Waals surface area contributed by atoms with E-state index < -0.39 is 0 Å². The van der Waals surface area contributed by atoms with E-state index in [1.807, 2.05) is 0 Å². The Kier molecular flexibility index (Phi) is 2.14. The van der Waals surface area contributed by atoms with E-state index in [2.05, 4.69) is 21.1 Å². The first-order valence-electron chi connectivity index (χ1n) is 3.63. The molecule has 1 aromatic carbocycles. The van der Waals surface area contributed by atoms with Crippen molar-refractivity contribution < 1.29 is 8.91 Å². The number of hydrogen-bond acceptors (Lipinski definition) is 2. The van der Waals surface area contributed by atoms with Crippen LogP contribution in [0.2, 0.25) is 0 Å². The zero-order valence-electron chi connectivity index (χ0n) is 6.50. The van der Waals surface area contributed by atoms with Crippen molar-refractivity contribution in [3.05, 3.63) is 40.8 Å². The van der Waals surface area contributed by atoms with Gasteiger partial charge in [0.05, 0.1) is 10.7 Å². The summed E-state index contributed by atoms with van der Waals surface area (Å²) in [5.41, 5.74) is 0.797. The second-order valence-electron chi connectivity index (χ2n) is 2.51. The van der Waals surface area contributed by atoms with Gasteiger partial charge in [0.2, 0.25) is 0 Å². The molecule has 0 bridgehead atoms. The molecule has 0 atom stereocenters. The Bertz CT molecular complexity index is 410. The van der Waals surface area contributed by atoms with Crippen molar-refractivity contribution in [2.75, 3.05) is 0 Å². The van der Waals surface area contributed by atoms with Crippen molar-refractivity contribution in [2.24, 2.45) is 0 Å². The van der Waals surface area contributed by atoms with Crippen molar-refractivity contribution >= 4 is 15.9 Å². The van der Waals surface area contributed by atoms with Crippen LogP contribution < -0.4 is 0 Å². The Hall–Kier alpha value is -1.16. The maximum Gasteiger partial charge on any atom is 0.180 e. The van der Waals surface area contributed by atoms with Gasteiger partial charge in [-0.15, -0.1) is 0 Å². The number of hydrogen-bond donors (Lipinski definition) is 0. The third-order valence-corrected chi connectivity index (χ3v) is 2.20. The topological polar surface area (TPSA) is 26.0 Å². The first-order valence-corrected chi connectivity index (χ1v) is 4.43. The predicted molar refractivity (Wildman–Crippen MR) is 49.6 cm³/mol. The summed E-state index contributed by atoms with van der Waals surface area (Å²) in [6.45, 7) is 0. The summed E-state index contributed by atoms with van der Waals surface area (Å²) in [7, 11) is 0. The molecule has 66 valence electrons. The van der Waals surface area contributed by atoms with E-state index in [1.54, 1.807) is 18.3 Å². The van der Waals surface area contributed by atoms with Gasteiger partial charge in [0, 0.05) is 5.56 Å². The third kappa shape index (κ3) is 1.62. The van der Waals surface area contributed by atoms with E-state index in [9.17, 15) is 4.39 Å². The fourth-order valence-corrected chi connectivity index (χ4v) is 1.40. The van der Waals surface area contributed by atoms with Gasteiger partial charge in [-0.05, 0) is 40.2 Å². The van der Waals surface area contributed by atoms with Gasteiger partial charge < -0.3 is 4.52 Å². The van der Waals surface area contributed by atoms with Crippen molar-refractivity contribution in [1.29, 1.82) is 0 Å². The van der Waals surface area contributed by atoms with E-state index in [1.165, 1.54) is 12.1 Å². The van der Waals surface area contributed by atoms with Crippen LogP contribution in [-0.4, -0.2) is 5.16 Å². The molecule has 0 aliphatic carbocycles. The van der Waals surface area contributed by atoms with Crippen LogP contribution in [0.25, 0.3) is 11.3 Å². The number of benzene rings is 1. The Morgan fingerprint density at radius 2 is 1.92 bits per heavy atom. The molecule has 13 heavy (non-hydrogen) atoms. The Morgan fingerprint density at radius 1 is 1.23 bits per heavy atom. The fraction of sp³-hybridized carbons (Fsp3) is 0. The Balaban J connectivity index is 2.47. The molecule has 4 heteroatoms. The van der Waals surface area contributed by atoms with Gasteiger partial charge in [-0.25, -0.2) is 4.39 Å². The molecule has 0 fully saturated rings. The van der Waals surface area contributed by atoms with Crippen LogP contribution in [0.15, 0.2) is 39.5 Å². The summed E-state index contributed by atoms with van der Waals surface area (Å²) >= 11 is 3.27. The average molecular weight is 242 g/mol. The van der Waals surface area contributed by atoms with E-state index in [-0.39, 0.29) is 5.82 Å². The monoisotopic (exact) mass is 241 g/mol. The van der Waals surface area contributed by atoms with Gasteiger partial charge in [-0.2, -0.15) is 0 Å². The highest BCUT2D eigenvalue weighted by molar-refractivity contribution is 9.10. The highest BCUT2D eigenvalue weighted by Gasteiger charge is 2.07. The lowest BCUT2D eigenvalue weighted by Gasteiger charge is -1.95. The standard InChI is InChI=1S/C9H5BrFNO/c10-8-5-12-13-9(8)6-1-3-7(11)4-2-6/h1-5H.